The lowest BCUT2D eigenvalue weighted by Crippen LogP contribution is -1.87. The number of fused-ring (bicyclic) bond motifs is 1. The van der Waals surface area contributed by atoms with Crippen LogP contribution in [0, 0.1) is 0 Å². The Morgan fingerprint density at radius 1 is 0.649 bits per heavy atom. The van der Waals surface area contributed by atoms with Gasteiger partial charge in [0.15, 0.2) is 10.3 Å². The van der Waals surface area contributed by atoms with Crippen LogP contribution in [0.25, 0.3) is 33.5 Å². The molecule has 5 rings (SSSR count). The van der Waals surface area contributed by atoms with Gasteiger partial charge >= 0.3 is 0 Å². The van der Waals surface area contributed by atoms with Gasteiger partial charge in [-0.15, -0.1) is 0 Å². The van der Waals surface area contributed by atoms with Crippen LogP contribution in [0.15, 0.2) is 83.1 Å². The molecule has 2 aromatic heterocycles. The molecule has 0 aliphatic carbocycles. The normalized spacial score (nSPS) is 11.2. The van der Waals surface area contributed by atoms with Gasteiger partial charge in [-0.25, -0.2) is 9.97 Å². The molecule has 0 amide bonds. The lowest BCUT2D eigenvalue weighted by atomic mass is 10.0. The molecular formula is C29H30N4O2S2. The maximum Gasteiger partial charge on any atom is 0.166 e. The number of ether oxygens (including phenoxy) is 2. The van der Waals surface area contributed by atoms with Crippen molar-refractivity contribution < 1.29 is 9.47 Å². The molecule has 0 saturated carbocycles. The minimum absolute atomic E-state index is 0.832. The number of aromatic amines is 2. The van der Waals surface area contributed by atoms with Gasteiger partial charge in [-0.05, 0) is 73.5 Å². The molecule has 37 heavy (non-hydrogen) atoms. The maximum atomic E-state index is 5.33. The van der Waals surface area contributed by atoms with E-state index < -0.39 is 0 Å². The number of imidazole rings is 2. The molecule has 6 nitrogen and oxygen atoms in total. The second-order valence-corrected chi connectivity index (χ2v) is 10.7. The fourth-order valence-electron chi connectivity index (χ4n) is 4.06. The number of rotatable bonds is 12. The molecule has 2 heterocycles. The SMILES string of the molecule is COc1ccc(-c2nc(SCCCCCSc3nc4ccccc4[nH]3)[nH]c2-c2ccc(OC)cc2)cc1. The summed E-state index contributed by atoms with van der Waals surface area (Å²) in [5.41, 5.74) is 6.21. The third kappa shape index (κ3) is 6.32. The van der Waals surface area contributed by atoms with Crippen molar-refractivity contribution in [2.24, 2.45) is 0 Å². The number of benzene rings is 3. The summed E-state index contributed by atoms with van der Waals surface area (Å²) in [5.74, 6) is 3.75. The molecule has 3 aromatic carbocycles. The van der Waals surface area contributed by atoms with E-state index in [1.807, 2.05) is 42.5 Å². The van der Waals surface area contributed by atoms with Crippen LogP contribution >= 0.6 is 23.5 Å². The van der Waals surface area contributed by atoms with Crippen molar-refractivity contribution in [3.63, 3.8) is 0 Å². The Morgan fingerprint density at radius 3 is 1.86 bits per heavy atom. The van der Waals surface area contributed by atoms with Crippen LogP contribution < -0.4 is 9.47 Å². The van der Waals surface area contributed by atoms with E-state index >= 15 is 0 Å². The summed E-state index contributed by atoms with van der Waals surface area (Å²) in [6.45, 7) is 0. The minimum Gasteiger partial charge on any atom is -0.497 e. The number of para-hydroxylation sites is 2. The van der Waals surface area contributed by atoms with Crippen molar-refractivity contribution in [2.45, 2.75) is 29.6 Å². The quantitative estimate of drug-likeness (QED) is 0.127. The molecule has 0 aliphatic heterocycles. The van der Waals surface area contributed by atoms with E-state index in [9.17, 15) is 0 Å². The van der Waals surface area contributed by atoms with E-state index in [-0.39, 0.29) is 0 Å². The third-order valence-corrected chi connectivity index (χ3v) is 7.98. The number of nitrogens with zero attached hydrogens (tertiary/aromatic N) is 2. The number of H-pyrrole nitrogens is 2. The van der Waals surface area contributed by atoms with Crippen molar-refractivity contribution in [1.29, 1.82) is 0 Å². The van der Waals surface area contributed by atoms with Gasteiger partial charge in [0.2, 0.25) is 0 Å². The van der Waals surface area contributed by atoms with Crippen LogP contribution in [0.2, 0.25) is 0 Å². The molecule has 190 valence electrons. The van der Waals surface area contributed by atoms with Gasteiger partial charge in [-0.1, -0.05) is 42.1 Å². The van der Waals surface area contributed by atoms with Crippen LogP contribution in [0.5, 0.6) is 11.5 Å². The maximum absolute atomic E-state index is 5.33. The second kappa shape index (κ2) is 12.3. The van der Waals surface area contributed by atoms with Crippen LogP contribution in [0.3, 0.4) is 0 Å². The number of methoxy groups -OCH3 is 2. The van der Waals surface area contributed by atoms with Gasteiger partial charge < -0.3 is 19.4 Å². The molecule has 8 heteroatoms. The average molecular weight is 531 g/mol. The summed E-state index contributed by atoms with van der Waals surface area (Å²) < 4.78 is 10.7. The van der Waals surface area contributed by atoms with E-state index in [4.69, 9.17) is 14.5 Å². The topological polar surface area (TPSA) is 75.8 Å². The Morgan fingerprint density at radius 2 is 1.24 bits per heavy atom. The van der Waals surface area contributed by atoms with Crippen LogP contribution in [-0.2, 0) is 0 Å². The van der Waals surface area contributed by atoms with Crippen LogP contribution in [0.1, 0.15) is 19.3 Å². The highest BCUT2D eigenvalue weighted by atomic mass is 32.2. The Labute approximate surface area is 225 Å². The second-order valence-electron chi connectivity index (χ2n) is 8.54. The molecule has 0 atom stereocenters. The predicted octanol–water partition coefficient (Wildman–Crippen LogP) is 7.69. The summed E-state index contributed by atoms with van der Waals surface area (Å²) in [6, 6.07) is 24.3. The first-order valence-electron chi connectivity index (χ1n) is 12.3. The summed E-state index contributed by atoms with van der Waals surface area (Å²) in [7, 11) is 3.36. The first kappa shape index (κ1) is 25.3. The standard InChI is InChI=1S/C29H30N4O2S2/c1-34-22-14-10-20(11-15-22)26-27(21-12-16-23(35-2)17-13-21)33-29(32-26)37-19-7-3-6-18-36-28-30-24-8-4-5-9-25(24)31-28/h4-5,8-17H,3,6-7,18-19H2,1-2H3,(H,30,31)(H,32,33). The Balaban J connectivity index is 1.17. The number of hydrogen-bond donors (Lipinski definition) is 2. The van der Waals surface area contributed by atoms with E-state index in [1.165, 1.54) is 6.42 Å². The van der Waals surface area contributed by atoms with E-state index in [2.05, 4.69) is 45.3 Å². The van der Waals surface area contributed by atoms with Crippen molar-refractivity contribution in [3.8, 4) is 34.0 Å². The molecule has 0 bridgehead atoms. The molecule has 5 aromatic rings. The molecule has 2 N–H and O–H groups in total. The Hall–Kier alpha value is -3.36. The number of aromatic nitrogens is 4. The number of nitrogens with one attached hydrogen (secondary N) is 2. The largest absolute Gasteiger partial charge is 0.497 e. The zero-order valence-electron chi connectivity index (χ0n) is 21.0. The highest BCUT2D eigenvalue weighted by molar-refractivity contribution is 7.99. The highest BCUT2D eigenvalue weighted by Gasteiger charge is 2.15. The fourth-order valence-corrected chi connectivity index (χ4v) is 5.82. The van der Waals surface area contributed by atoms with E-state index in [0.29, 0.717) is 0 Å². The van der Waals surface area contributed by atoms with Gasteiger partial charge in [-0.3, -0.25) is 0 Å². The zero-order chi connectivity index (χ0) is 25.5. The highest BCUT2D eigenvalue weighted by Crippen LogP contribution is 2.34. The minimum atomic E-state index is 0.832. The van der Waals surface area contributed by atoms with Gasteiger partial charge in [0.05, 0.1) is 36.6 Å². The molecular weight excluding hydrogens is 500 g/mol. The number of thioether (sulfide) groups is 2. The van der Waals surface area contributed by atoms with E-state index in [1.54, 1.807) is 37.7 Å². The predicted molar refractivity (Wildman–Crippen MR) is 154 cm³/mol. The van der Waals surface area contributed by atoms with Gasteiger partial charge in [-0.2, -0.15) is 0 Å². The summed E-state index contributed by atoms with van der Waals surface area (Å²) in [6.07, 6.45) is 3.48. The molecule has 0 fully saturated rings. The van der Waals surface area contributed by atoms with Gasteiger partial charge in [0.1, 0.15) is 11.5 Å². The molecule has 0 aliphatic rings. The average Bonchev–Trinajstić information content (AvgIpc) is 3.57. The van der Waals surface area contributed by atoms with Crippen LogP contribution in [-0.4, -0.2) is 45.7 Å². The number of hydrogen-bond acceptors (Lipinski definition) is 6. The zero-order valence-corrected chi connectivity index (χ0v) is 22.6. The van der Waals surface area contributed by atoms with Gasteiger partial charge in [0, 0.05) is 22.6 Å². The molecule has 0 saturated heterocycles. The third-order valence-electron chi connectivity index (χ3n) is 6.06. The van der Waals surface area contributed by atoms with Crippen molar-refractivity contribution in [1.82, 2.24) is 19.9 Å². The van der Waals surface area contributed by atoms with Crippen molar-refractivity contribution in [2.75, 3.05) is 25.7 Å². The Bertz CT molecular complexity index is 1330. The van der Waals surface area contributed by atoms with Crippen LogP contribution in [0.4, 0.5) is 0 Å². The first-order chi connectivity index (χ1) is 18.2. The Kier molecular flexibility index (Phi) is 8.38. The fraction of sp³-hybridized carbons (Fsp3) is 0.241. The summed E-state index contributed by atoms with van der Waals surface area (Å²) in [4.78, 5) is 16.6. The molecule has 0 spiro atoms. The molecule has 0 unspecified atom stereocenters. The lowest BCUT2D eigenvalue weighted by Gasteiger charge is -2.06. The van der Waals surface area contributed by atoms with Crippen molar-refractivity contribution in [3.05, 3.63) is 72.8 Å². The van der Waals surface area contributed by atoms with Gasteiger partial charge in [0.25, 0.3) is 0 Å². The first-order valence-corrected chi connectivity index (χ1v) is 14.3. The smallest absolute Gasteiger partial charge is 0.166 e. The monoisotopic (exact) mass is 530 g/mol. The summed E-state index contributed by atoms with van der Waals surface area (Å²) >= 11 is 3.57. The number of unbranched alkanes of at least 4 members (excludes halogenated alkanes) is 2. The van der Waals surface area contributed by atoms with Crippen molar-refractivity contribution >= 4 is 34.6 Å². The lowest BCUT2D eigenvalue weighted by molar-refractivity contribution is 0.414. The molecule has 0 radical (unpaired) electrons. The van der Waals surface area contributed by atoms with E-state index in [0.717, 1.165) is 79.7 Å². The summed E-state index contributed by atoms with van der Waals surface area (Å²) in [5, 5.41) is 1.94.